The van der Waals surface area contributed by atoms with Crippen molar-refractivity contribution in [2.24, 2.45) is 5.73 Å². The fourth-order valence-corrected chi connectivity index (χ4v) is 3.23. The van der Waals surface area contributed by atoms with Gasteiger partial charge in [-0.15, -0.1) is 0 Å². The van der Waals surface area contributed by atoms with E-state index in [1.54, 1.807) is 7.11 Å². The minimum absolute atomic E-state index is 0.0645. The van der Waals surface area contributed by atoms with Crippen molar-refractivity contribution in [1.82, 2.24) is 9.80 Å². The lowest BCUT2D eigenvalue weighted by Gasteiger charge is -2.38. The van der Waals surface area contributed by atoms with Crippen LogP contribution in [-0.2, 0) is 6.54 Å². The molecule has 0 aromatic heterocycles. The van der Waals surface area contributed by atoms with Crippen molar-refractivity contribution < 1.29 is 4.74 Å². The smallest absolute Gasteiger partial charge is 0.123 e. The molecule has 1 aromatic carbocycles. The largest absolute Gasteiger partial charge is 0.496 e. The molecule has 1 aliphatic rings. The zero-order valence-corrected chi connectivity index (χ0v) is 13.1. The van der Waals surface area contributed by atoms with E-state index in [1.165, 1.54) is 5.56 Å². The predicted molar refractivity (Wildman–Crippen MR) is 83.0 cm³/mol. The maximum absolute atomic E-state index is 6.12. The average Bonchev–Trinajstić information content (AvgIpc) is 2.76. The summed E-state index contributed by atoms with van der Waals surface area (Å²) >= 11 is 0. The molecule has 4 nitrogen and oxygen atoms in total. The third kappa shape index (κ3) is 2.82. The van der Waals surface area contributed by atoms with E-state index < -0.39 is 0 Å². The van der Waals surface area contributed by atoms with Crippen LogP contribution in [0.5, 0.6) is 5.75 Å². The van der Waals surface area contributed by atoms with Gasteiger partial charge in [0.15, 0.2) is 0 Å². The molecule has 2 N–H and O–H groups in total. The Bertz CT molecular complexity index is 439. The van der Waals surface area contributed by atoms with Crippen molar-refractivity contribution >= 4 is 0 Å². The van der Waals surface area contributed by atoms with Crippen LogP contribution in [0, 0.1) is 0 Å². The van der Waals surface area contributed by atoms with Crippen LogP contribution in [0.15, 0.2) is 24.3 Å². The molecule has 1 heterocycles. The Morgan fingerprint density at radius 3 is 2.70 bits per heavy atom. The summed E-state index contributed by atoms with van der Waals surface area (Å²) in [4.78, 5) is 4.79. The topological polar surface area (TPSA) is 41.7 Å². The molecule has 1 saturated heterocycles. The van der Waals surface area contributed by atoms with Crippen LogP contribution < -0.4 is 10.5 Å². The van der Waals surface area contributed by atoms with Gasteiger partial charge in [-0.05, 0) is 33.5 Å². The summed E-state index contributed by atoms with van der Waals surface area (Å²) in [5.74, 6) is 0.950. The first kappa shape index (κ1) is 15.3. The van der Waals surface area contributed by atoms with Crippen molar-refractivity contribution in [2.45, 2.75) is 31.5 Å². The second-order valence-corrected chi connectivity index (χ2v) is 6.06. The summed E-state index contributed by atoms with van der Waals surface area (Å²) in [7, 11) is 6.08. The van der Waals surface area contributed by atoms with Gasteiger partial charge in [-0.25, -0.2) is 0 Å². The maximum Gasteiger partial charge on any atom is 0.123 e. The number of para-hydroxylation sites is 1. The molecular formula is C16H27N3O. The van der Waals surface area contributed by atoms with Crippen LogP contribution in [0.4, 0.5) is 0 Å². The number of benzene rings is 1. The Labute approximate surface area is 122 Å². The number of hydrogen-bond acceptors (Lipinski definition) is 4. The Kier molecular flexibility index (Phi) is 4.68. The van der Waals surface area contributed by atoms with Crippen molar-refractivity contribution in [3.63, 3.8) is 0 Å². The van der Waals surface area contributed by atoms with Crippen LogP contribution in [0.2, 0.25) is 0 Å². The first-order valence-corrected chi connectivity index (χ1v) is 7.26. The normalized spacial score (nSPS) is 27.2. The van der Waals surface area contributed by atoms with Gasteiger partial charge in [0.2, 0.25) is 0 Å². The number of nitrogens with two attached hydrogens (primary N) is 1. The lowest BCUT2D eigenvalue weighted by molar-refractivity contribution is 0.124. The molecule has 112 valence electrons. The second kappa shape index (κ2) is 6.12. The van der Waals surface area contributed by atoms with Crippen LogP contribution in [0.1, 0.15) is 18.9 Å². The minimum Gasteiger partial charge on any atom is -0.496 e. The lowest BCUT2D eigenvalue weighted by atomic mass is 9.94. The zero-order valence-electron chi connectivity index (χ0n) is 13.1. The molecule has 0 aliphatic carbocycles. The summed E-state index contributed by atoms with van der Waals surface area (Å²) < 4.78 is 5.45. The molecule has 1 fully saturated rings. The summed E-state index contributed by atoms with van der Waals surface area (Å²) in [6, 6.07) is 8.79. The van der Waals surface area contributed by atoms with Gasteiger partial charge >= 0.3 is 0 Å². The number of nitrogens with zero attached hydrogens (tertiary/aromatic N) is 2. The Morgan fingerprint density at radius 1 is 1.45 bits per heavy atom. The molecule has 0 radical (unpaired) electrons. The first-order valence-electron chi connectivity index (χ1n) is 7.26. The van der Waals surface area contributed by atoms with Crippen LogP contribution in [0.3, 0.4) is 0 Å². The molecule has 0 spiro atoms. The number of likely N-dealkylation sites (tertiary alicyclic amines) is 1. The van der Waals surface area contributed by atoms with Gasteiger partial charge in [-0.1, -0.05) is 18.2 Å². The van der Waals surface area contributed by atoms with E-state index in [9.17, 15) is 0 Å². The van der Waals surface area contributed by atoms with Crippen LogP contribution in [-0.4, -0.2) is 55.7 Å². The number of likely N-dealkylation sites (N-methyl/N-ethyl adjacent to an activating group) is 2. The van der Waals surface area contributed by atoms with E-state index in [-0.39, 0.29) is 5.54 Å². The molecule has 2 unspecified atom stereocenters. The SMILES string of the molecule is COc1ccccc1CN(C)C1(CN)CC(C)N(C)C1. The van der Waals surface area contributed by atoms with Crippen LogP contribution >= 0.6 is 0 Å². The van der Waals surface area contributed by atoms with Crippen LogP contribution in [0.25, 0.3) is 0 Å². The highest BCUT2D eigenvalue weighted by atomic mass is 16.5. The van der Waals surface area contributed by atoms with Crippen molar-refractivity contribution in [2.75, 3.05) is 34.3 Å². The summed E-state index contributed by atoms with van der Waals surface area (Å²) in [6.07, 6.45) is 1.12. The molecule has 1 aliphatic heterocycles. The highest BCUT2D eigenvalue weighted by Gasteiger charge is 2.42. The van der Waals surface area contributed by atoms with Gasteiger partial charge in [-0.2, -0.15) is 0 Å². The average molecular weight is 277 g/mol. The van der Waals surface area contributed by atoms with E-state index >= 15 is 0 Å². The number of rotatable bonds is 5. The maximum atomic E-state index is 6.12. The fourth-order valence-electron chi connectivity index (χ4n) is 3.23. The van der Waals surface area contributed by atoms with Gasteiger partial charge in [0.05, 0.1) is 7.11 Å². The number of ether oxygens (including phenoxy) is 1. The van der Waals surface area contributed by atoms with E-state index in [1.807, 2.05) is 12.1 Å². The number of methoxy groups -OCH3 is 1. The molecule has 1 aromatic rings. The zero-order chi connectivity index (χ0) is 14.8. The first-order chi connectivity index (χ1) is 9.52. The predicted octanol–water partition coefficient (Wildman–Crippen LogP) is 1.55. The van der Waals surface area contributed by atoms with E-state index in [0.717, 1.165) is 25.3 Å². The molecule has 0 saturated carbocycles. The summed E-state index contributed by atoms with van der Waals surface area (Å²) in [5.41, 5.74) is 7.40. The number of hydrogen-bond donors (Lipinski definition) is 1. The van der Waals surface area contributed by atoms with Gasteiger partial charge in [0, 0.05) is 36.8 Å². The highest BCUT2D eigenvalue weighted by Crippen LogP contribution is 2.32. The van der Waals surface area contributed by atoms with Gasteiger partial charge in [-0.3, -0.25) is 4.90 Å². The fraction of sp³-hybridized carbons (Fsp3) is 0.625. The molecule has 0 amide bonds. The van der Waals surface area contributed by atoms with Gasteiger partial charge in [0.1, 0.15) is 5.75 Å². The molecular weight excluding hydrogens is 250 g/mol. The Balaban J connectivity index is 2.16. The quantitative estimate of drug-likeness (QED) is 0.886. The van der Waals surface area contributed by atoms with E-state index in [4.69, 9.17) is 10.5 Å². The Morgan fingerprint density at radius 2 is 2.15 bits per heavy atom. The van der Waals surface area contributed by atoms with Crippen molar-refractivity contribution in [3.05, 3.63) is 29.8 Å². The lowest BCUT2D eigenvalue weighted by Crippen LogP contribution is -2.53. The highest BCUT2D eigenvalue weighted by molar-refractivity contribution is 5.33. The van der Waals surface area contributed by atoms with Gasteiger partial charge in [0.25, 0.3) is 0 Å². The van der Waals surface area contributed by atoms with E-state index in [0.29, 0.717) is 12.6 Å². The third-order valence-electron chi connectivity index (χ3n) is 4.76. The Hall–Kier alpha value is -1.10. The molecule has 0 bridgehead atoms. The van der Waals surface area contributed by atoms with Crippen molar-refractivity contribution in [1.29, 1.82) is 0 Å². The summed E-state index contributed by atoms with van der Waals surface area (Å²) in [6.45, 7) is 4.85. The monoisotopic (exact) mass is 277 g/mol. The molecule has 20 heavy (non-hydrogen) atoms. The molecule has 2 rings (SSSR count). The minimum atomic E-state index is 0.0645. The molecule has 4 heteroatoms. The van der Waals surface area contributed by atoms with Gasteiger partial charge < -0.3 is 15.4 Å². The summed E-state index contributed by atoms with van der Waals surface area (Å²) in [5, 5.41) is 0. The molecule has 2 atom stereocenters. The third-order valence-corrected chi connectivity index (χ3v) is 4.76. The van der Waals surface area contributed by atoms with E-state index in [2.05, 4.69) is 43.0 Å². The van der Waals surface area contributed by atoms with Crippen molar-refractivity contribution in [3.8, 4) is 5.75 Å². The second-order valence-electron chi connectivity index (χ2n) is 6.06. The standard InChI is InChI=1S/C16H27N3O/c1-13-9-16(11-17,12-18(13)2)19(3)10-14-7-5-6-8-15(14)20-4/h5-8,13H,9-12,17H2,1-4H3.